The molecule has 106 valence electrons. The van der Waals surface area contributed by atoms with Gasteiger partial charge >= 0.3 is 11.7 Å². The summed E-state index contributed by atoms with van der Waals surface area (Å²) in [7, 11) is 1.67. The van der Waals surface area contributed by atoms with Crippen molar-refractivity contribution < 1.29 is 19.6 Å². The molecule has 1 aromatic rings. The molecule has 20 heavy (non-hydrogen) atoms. The number of nitro groups is 1. The lowest BCUT2D eigenvalue weighted by atomic mass is 10.2. The van der Waals surface area contributed by atoms with E-state index in [0.717, 1.165) is 12.3 Å². The fourth-order valence-corrected chi connectivity index (χ4v) is 1.88. The third-order valence-corrected chi connectivity index (χ3v) is 3.08. The highest BCUT2D eigenvalue weighted by molar-refractivity contribution is 5.93. The summed E-state index contributed by atoms with van der Waals surface area (Å²) in [6.07, 6.45) is 0.904. The lowest BCUT2D eigenvalue weighted by Gasteiger charge is -2.32. The van der Waals surface area contributed by atoms with Crippen molar-refractivity contribution in [2.75, 3.05) is 31.6 Å². The summed E-state index contributed by atoms with van der Waals surface area (Å²) in [5.74, 6) is -1.27. The maximum absolute atomic E-state index is 11.6. The van der Waals surface area contributed by atoms with Gasteiger partial charge in [-0.1, -0.05) is 0 Å². The van der Waals surface area contributed by atoms with Gasteiger partial charge in [-0.05, 0) is 0 Å². The molecule has 9 nitrogen and oxygen atoms in total. The number of carboxylic acids is 1. The highest BCUT2D eigenvalue weighted by atomic mass is 16.6. The van der Waals surface area contributed by atoms with Crippen LogP contribution in [0.5, 0.6) is 0 Å². The molecule has 1 aliphatic heterocycles. The second kappa shape index (κ2) is 5.11. The first-order valence-electron chi connectivity index (χ1n) is 5.77. The minimum absolute atomic E-state index is 0.0698. The highest BCUT2D eigenvalue weighted by Crippen LogP contribution is 2.23. The van der Waals surface area contributed by atoms with Gasteiger partial charge in [-0.3, -0.25) is 14.9 Å². The Kier molecular flexibility index (Phi) is 3.51. The predicted octanol–water partition coefficient (Wildman–Crippen LogP) is -0.0336. The third kappa shape index (κ3) is 2.51. The number of hydrogen-bond acceptors (Lipinski definition) is 6. The molecular formula is C11H12N4O5. The van der Waals surface area contributed by atoms with Crippen molar-refractivity contribution in [2.24, 2.45) is 0 Å². The van der Waals surface area contributed by atoms with Crippen LogP contribution in [0.3, 0.4) is 0 Å². The van der Waals surface area contributed by atoms with Crippen LogP contribution < -0.4 is 4.90 Å². The standard InChI is InChI=1S/C11H12N4O5/c1-13-2-3-14(6-10(13)16)9-4-7(11(17)18)8(5-12-9)15(19)20/h4-5H,2-3,6H2,1H3,(H,17,18). The first kappa shape index (κ1) is 13.7. The average molecular weight is 280 g/mol. The molecule has 0 radical (unpaired) electrons. The Morgan fingerprint density at radius 3 is 2.75 bits per heavy atom. The molecule has 2 rings (SSSR count). The maximum Gasteiger partial charge on any atom is 0.342 e. The van der Waals surface area contributed by atoms with Crippen LogP contribution in [0.4, 0.5) is 11.5 Å². The van der Waals surface area contributed by atoms with Gasteiger partial charge in [-0.25, -0.2) is 9.78 Å². The van der Waals surface area contributed by atoms with Crippen molar-refractivity contribution in [3.63, 3.8) is 0 Å². The fourth-order valence-electron chi connectivity index (χ4n) is 1.88. The Bertz CT molecular complexity index is 588. The van der Waals surface area contributed by atoms with Crippen molar-refractivity contribution in [3.8, 4) is 0 Å². The van der Waals surface area contributed by atoms with Gasteiger partial charge in [-0.15, -0.1) is 0 Å². The monoisotopic (exact) mass is 280 g/mol. The third-order valence-electron chi connectivity index (χ3n) is 3.08. The van der Waals surface area contributed by atoms with Crippen LogP contribution >= 0.6 is 0 Å². The minimum Gasteiger partial charge on any atom is -0.477 e. The summed E-state index contributed by atoms with van der Waals surface area (Å²) in [5.41, 5.74) is -1.01. The van der Waals surface area contributed by atoms with Crippen molar-refractivity contribution in [2.45, 2.75) is 0 Å². The van der Waals surface area contributed by atoms with E-state index in [1.165, 1.54) is 0 Å². The van der Waals surface area contributed by atoms with Crippen molar-refractivity contribution in [3.05, 3.63) is 27.9 Å². The normalized spacial score (nSPS) is 15.3. The number of anilines is 1. The SMILES string of the molecule is CN1CCN(c2cc(C(=O)O)c([N+](=O)[O-])cn2)CC1=O. The number of aromatic nitrogens is 1. The van der Waals surface area contributed by atoms with Gasteiger partial charge in [0.05, 0.1) is 11.5 Å². The summed E-state index contributed by atoms with van der Waals surface area (Å²) in [6.45, 7) is 1.05. The van der Waals surface area contributed by atoms with Crippen LogP contribution in [0.2, 0.25) is 0 Å². The number of piperazine rings is 1. The molecule has 0 spiro atoms. The molecule has 1 amide bonds. The minimum atomic E-state index is -1.40. The highest BCUT2D eigenvalue weighted by Gasteiger charge is 2.26. The van der Waals surface area contributed by atoms with Gasteiger partial charge in [0.2, 0.25) is 5.91 Å². The molecule has 0 unspecified atom stereocenters. The number of carbonyl (C=O) groups excluding carboxylic acids is 1. The molecule has 0 atom stereocenters. The summed E-state index contributed by atoms with van der Waals surface area (Å²) in [6, 6.07) is 1.12. The number of hydrogen-bond donors (Lipinski definition) is 1. The number of nitrogens with zero attached hydrogens (tertiary/aromatic N) is 4. The van der Waals surface area contributed by atoms with E-state index in [2.05, 4.69) is 4.98 Å². The van der Waals surface area contributed by atoms with Gasteiger partial charge in [0.1, 0.15) is 17.6 Å². The second-order valence-corrected chi connectivity index (χ2v) is 4.36. The van der Waals surface area contributed by atoms with Crippen LogP contribution in [0.1, 0.15) is 10.4 Å². The van der Waals surface area contributed by atoms with Crippen LogP contribution in [0.25, 0.3) is 0 Å². The second-order valence-electron chi connectivity index (χ2n) is 4.36. The van der Waals surface area contributed by atoms with Crippen LogP contribution in [-0.2, 0) is 4.79 Å². The van der Waals surface area contributed by atoms with E-state index in [0.29, 0.717) is 13.1 Å². The van der Waals surface area contributed by atoms with E-state index < -0.39 is 22.1 Å². The summed E-state index contributed by atoms with van der Waals surface area (Å²) in [4.78, 5) is 39.6. The van der Waals surface area contributed by atoms with Crippen molar-refractivity contribution in [1.29, 1.82) is 0 Å². The molecular weight excluding hydrogens is 268 g/mol. The smallest absolute Gasteiger partial charge is 0.342 e. The van der Waals surface area contributed by atoms with E-state index in [9.17, 15) is 19.7 Å². The molecule has 1 fully saturated rings. The lowest BCUT2D eigenvalue weighted by molar-refractivity contribution is -0.385. The van der Waals surface area contributed by atoms with Crippen LogP contribution in [0.15, 0.2) is 12.3 Å². The Morgan fingerprint density at radius 2 is 2.20 bits per heavy atom. The number of carbonyl (C=O) groups is 2. The van der Waals surface area contributed by atoms with E-state index in [4.69, 9.17) is 5.11 Å². The number of rotatable bonds is 3. The van der Waals surface area contributed by atoms with Crippen molar-refractivity contribution >= 4 is 23.4 Å². The Morgan fingerprint density at radius 1 is 1.50 bits per heavy atom. The summed E-state index contributed by atoms with van der Waals surface area (Å²) in [5, 5.41) is 19.7. The summed E-state index contributed by atoms with van der Waals surface area (Å²) < 4.78 is 0. The topological polar surface area (TPSA) is 117 Å². The first-order valence-corrected chi connectivity index (χ1v) is 5.77. The van der Waals surface area contributed by atoms with Gasteiger partial charge in [-0.2, -0.15) is 0 Å². The van der Waals surface area contributed by atoms with E-state index in [1.54, 1.807) is 16.8 Å². The zero-order chi connectivity index (χ0) is 14.9. The molecule has 1 aromatic heterocycles. The molecule has 1 N–H and O–H groups in total. The molecule has 2 heterocycles. The summed E-state index contributed by atoms with van der Waals surface area (Å²) >= 11 is 0. The van der Waals surface area contributed by atoms with Gasteiger partial charge in [0, 0.05) is 26.2 Å². The number of amides is 1. The van der Waals surface area contributed by atoms with Crippen LogP contribution in [0, 0.1) is 10.1 Å². The van der Waals surface area contributed by atoms with Crippen LogP contribution in [-0.4, -0.2) is 58.5 Å². The zero-order valence-electron chi connectivity index (χ0n) is 10.6. The maximum atomic E-state index is 11.6. The largest absolute Gasteiger partial charge is 0.477 e. The van der Waals surface area contributed by atoms with E-state index >= 15 is 0 Å². The van der Waals surface area contributed by atoms with E-state index in [1.807, 2.05) is 0 Å². The van der Waals surface area contributed by atoms with Gasteiger partial charge < -0.3 is 14.9 Å². The Labute approximate surface area is 113 Å². The Balaban J connectivity index is 2.34. The number of aromatic carboxylic acids is 1. The first-order chi connectivity index (χ1) is 9.40. The molecule has 1 saturated heterocycles. The average Bonchev–Trinajstić information content (AvgIpc) is 2.41. The molecule has 0 saturated carbocycles. The predicted molar refractivity (Wildman–Crippen MR) is 67.7 cm³/mol. The number of likely N-dealkylation sites (N-methyl/N-ethyl adjacent to an activating group) is 1. The van der Waals surface area contributed by atoms with Crippen molar-refractivity contribution in [1.82, 2.24) is 9.88 Å². The lowest BCUT2D eigenvalue weighted by Crippen LogP contribution is -2.48. The molecule has 9 heteroatoms. The quantitative estimate of drug-likeness (QED) is 0.610. The zero-order valence-corrected chi connectivity index (χ0v) is 10.6. The number of carboxylic acid groups (broad SMARTS) is 1. The van der Waals surface area contributed by atoms with Gasteiger partial charge in [0.15, 0.2) is 0 Å². The Hall–Kier alpha value is -2.71. The van der Waals surface area contributed by atoms with E-state index in [-0.39, 0.29) is 18.3 Å². The molecule has 0 aromatic carbocycles. The van der Waals surface area contributed by atoms with Gasteiger partial charge in [0.25, 0.3) is 0 Å². The number of pyridine rings is 1. The molecule has 0 aliphatic carbocycles. The fraction of sp³-hybridized carbons (Fsp3) is 0.364. The molecule has 0 bridgehead atoms. The molecule has 1 aliphatic rings.